The van der Waals surface area contributed by atoms with Crippen molar-refractivity contribution in [2.45, 2.75) is 77.6 Å². The van der Waals surface area contributed by atoms with Crippen LogP contribution >= 0.6 is 0 Å². The molecule has 0 aromatic rings. The van der Waals surface area contributed by atoms with Crippen LogP contribution in [0.1, 0.15) is 77.6 Å². The lowest BCUT2D eigenvalue weighted by atomic mass is 9.94. The molecular formula is C18H32O3. The first kappa shape index (κ1) is 18.5. The fourth-order valence-electron chi connectivity index (χ4n) is 2.81. The van der Waals surface area contributed by atoms with Crippen molar-refractivity contribution in [3.05, 3.63) is 13.0 Å². The standard InChI is InChI=1S/C18H32O3/c1-3-5-11-16(18(19)20-4-2)13-14-17-12-9-7-6-8-10-15-21-17/h16H,1,3-15H2,2H3. The van der Waals surface area contributed by atoms with Gasteiger partial charge < -0.3 is 9.47 Å². The van der Waals surface area contributed by atoms with Gasteiger partial charge in [0.1, 0.15) is 0 Å². The lowest BCUT2D eigenvalue weighted by Crippen LogP contribution is -2.19. The van der Waals surface area contributed by atoms with E-state index in [0.717, 1.165) is 51.6 Å². The second-order valence-corrected chi connectivity index (χ2v) is 5.89. The van der Waals surface area contributed by atoms with Crippen LogP contribution in [0.3, 0.4) is 0 Å². The second-order valence-electron chi connectivity index (χ2n) is 5.89. The molecular weight excluding hydrogens is 264 g/mol. The largest absolute Gasteiger partial charge is 0.466 e. The fourth-order valence-corrected chi connectivity index (χ4v) is 2.81. The number of carbonyl (C=O) groups excluding carboxylic acids is 1. The number of rotatable bonds is 8. The van der Waals surface area contributed by atoms with Gasteiger partial charge in [-0.1, -0.05) is 45.4 Å². The summed E-state index contributed by atoms with van der Waals surface area (Å²) in [7, 11) is 0. The van der Waals surface area contributed by atoms with Crippen LogP contribution in [0.25, 0.3) is 0 Å². The third-order valence-corrected chi connectivity index (χ3v) is 4.10. The van der Waals surface area contributed by atoms with Crippen molar-refractivity contribution < 1.29 is 14.3 Å². The first-order chi connectivity index (χ1) is 10.3. The number of hydrogen-bond donors (Lipinski definition) is 0. The van der Waals surface area contributed by atoms with Crippen molar-refractivity contribution in [3.8, 4) is 0 Å². The molecule has 0 aliphatic carbocycles. The highest BCUT2D eigenvalue weighted by Crippen LogP contribution is 2.26. The van der Waals surface area contributed by atoms with E-state index in [-0.39, 0.29) is 11.9 Å². The molecule has 1 atom stereocenters. The Hall–Kier alpha value is -0.570. The number of carbonyl (C=O) groups is 1. The SMILES string of the molecule is [CH2]CCCC(CC[C]1CCCCCCCO1)C(=O)OCC. The quantitative estimate of drug-likeness (QED) is 0.600. The van der Waals surface area contributed by atoms with Crippen LogP contribution in [0.5, 0.6) is 0 Å². The van der Waals surface area contributed by atoms with Crippen molar-refractivity contribution in [2.24, 2.45) is 5.92 Å². The molecule has 0 bridgehead atoms. The Balaban J connectivity index is 2.39. The lowest BCUT2D eigenvalue weighted by molar-refractivity contribution is -0.148. The Labute approximate surface area is 130 Å². The molecule has 1 aliphatic rings. The topological polar surface area (TPSA) is 35.5 Å². The van der Waals surface area contributed by atoms with Gasteiger partial charge in [0, 0.05) is 6.61 Å². The average Bonchev–Trinajstić information content (AvgIpc) is 2.61. The van der Waals surface area contributed by atoms with Gasteiger partial charge in [-0.15, -0.1) is 0 Å². The first-order valence-electron chi connectivity index (χ1n) is 8.71. The van der Waals surface area contributed by atoms with E-state index in [1.54, 1.807) is 0 Å². The summed E-state index contributed by atoms with van der Waals surface area (Å²) in [5, 5.41) is 0. The summed E-state index contributed by atoms with van der Waals surface area (Å²) >= 11 is 0. The molecule has 0 amide bonds. The van der Waals surface area contributed by atoms with Crippen LogP contribution in [0.15, 0.2) is 0 Å². The van der Waals surface area contributed by atoms with Gasteiger partial charge in [-0.25, -0.2) is 0 Å². The van der Waals surface area contributed by atoms with Crippen molar-refractivity contribution in [2.75, 3.05) is 13.2 Å². The number of unbranched alkanes of at least 4 members (excludes halogenated alkanes) is 1. The van der Waals surface area contributed by atoms with Gasteiger partial charge in [0.15, 0.2) is 0 Å². The Morgan fingerprint density at radius 3 is 2.76 bits per heavy atom. The van der Waals surface area contributed by atoms with E-state index in [4.69, 9.17) is 9.47 Å². The summed E-state index contributed by atoms with van der Waals surface area (Å²) in [5.41, 5.74) is 0. The van der Waals surface area contributed by atoms with Crippen molar-refractivity contribution >= 4 is 5.97 Å². The molecule has 21 heavy (non-hydrogen) atoms. The van der Waals surface area contributed by atoms with E-state index >= 15 is 0 Å². The third kappa shape index (κ3) is 8.45. The molecule has 0 spiro atoms. The second kappa shape index (κ2) is 12.0. The first-order valence-corrected chi connectivity index (χ1v) is 8.71. The monoisotopic (exact) mass is 296 g/mol. The maximum atomic E-state index is 12.0. The molecule has 3 nitrogen and oxygen atoms in total. The Bertz CT molecular complexity index is 255. The minimum absolute atomic E-state index is 0.00966. The van der Waals surface area contributed by atoms with Gasteiger partial charge in [-0.05, 0) is 39.0 Å². The fraction of sp³-hybridized carbons (Fsp3) is 0.833. The van der Waals surface area contributed by atoms with Crippen LogP contribution in [0, 0.1) is 18.9 Å². The Morgan fingerprint density at radius 2 is 2.00 bits per heavy atom. The van der Waals surface area contributed by atoms with Gasteiger partial charge in [0.05, 0.1) is 18.6 Å². The highest BCUT2D eigenvalue weighted by atomic mass is 16.5. The Morgan fingerprint density at radius 1 is 1.24 bits per heavy atom. The van der Waals surface area contributed by atoms with Crippen molar-refractivity contribution in [1.29, 1.82) is 0 Å². The highest BCUT2D eigenvalue weighted by Gasteiger charge is 2.22. The van der Waals surface area contributed by atoms with Crippen LogP contribution in [0.4, 0.5) is 0 Å². The molecule has 1 unspecified atom stereocenters. The van der Waals surface area contributed by atoms with Crippen molar-refractivity contribution in [3.63, 3.8) is 0 Å². The van der Waals surface area contributed by atoms with E-state index < -0.39 is 0 Å². The van der Waals surface area contributed by atoms with E-state index in [9.17, 15) is 4.79 Å². The molecule has 1 rings (SSSR count). The van der Waals surface area contributed by atoms with Crippen molar-refractivity contribution in [1.82, 2.24) is 0 Å². The summed E-state index contributed by atoms with van der Waals surface area (Å²) in [6.07, 6.45) is 13.0. The number of esters is 1. The lowest BCUT2D eigenvalue weighted by Gasteiger charge is -2.19. The molecule has 3 heteroatoms. The molecule has 1 saturated heterocycles. The zero-order valence-electron chi connectivity index (χ0n) is 13.7. The normalized spacial score (nSPS) is 19.3. The van der Waals surface area contributed by atoms with Crippen LogP contribution in [0.2, 0.25) is 0 Å². The van der Waals surface area contributed by atoms with Crippen LogP contribution in [-0.4, -0.2) is 19.2 Å². The zero-order chi connectivity index (χ0) is 15.3. The summed E-state index contributed by atoms with van der Waals surface area (Å²) in [6.45, 7) is 7.04. The molecule has 122 valence electrons. The van der Waals surface area contributed by atoms with Gasteiger partial charge in [0.25, 0.3) is 0 Å². The minimum atomic E-state index is -0.0467. The van der Waals surface area contributed by atoms with E-state index in [1.807, 2.05) is 6.92 Å². The highest BCUT2D eigenvalue weighted by molar-refractivity contribution is 5.72. The Kier molecular flexibility index (Phi) is 10.6. The molecule has 0 N–H and O–H groups in total. The molecule has 0 aromatic carbocycles. The molecule has 2 radical (unpaired) electrons. The predicted molar refractivity (Wildman–Crippen MR) is 85.5 cm³/mol. The summed E-state index contributed by atoms with van der Waals surface area (Å²) < 4.78 is 11.1. The third-order valence-electron chi connectivity index (χ3n) is 4.10. The number of hydrogen-bond acceptors (Lipinski definition) is 3. The van der Waals surface area contributed by atoms with E-state index in [1.165, 1.54) is 31.8 Å². The molecule has 0 saturated carbocycles. The predicted octanol–water partition coefficient (Wildman–Crippen LogP) is 4.85. The summed E-state index contributed by atoms with van der Waals surface area (Å²) in [4.78, 5) is 12.0. The van der Waals surface area contributed by atoms with E-state index in [2.05, 4.69) is 6.92 Å². The number of ether oxygens (including phenoxy) is 2. The molecule has 1 heterocycles. The van der Waals surface area contributed by atoms with Gasteiger partial charge >= 0.3 is 5.97 Å². The van der Waals surface area contributed by atoms with Gasteiger partial charge in [-0.3, -0.25) is 4.79 Å². The molecule has 1 aliphatic heterocycles. The summed E-state index contributed by atoms with van der Waals surface area (Å²) in [5.74, 6) is -0.0370. The minimum Gasteiger partial charge on any atom is -0.466 e. The van der Waals surface area contributed by atoms with E-state index in [0.29, 0.717) is 6.61 Å². The van der Waals surface area contributed by atoms with Crippen LogP contribution in [-0.2, 0) is 14.3 Å². The van der Waals surface area contributed by atoms with Crippen LogP contribution < -0.4 is 0 Å². The zero-order valence-corrected chi connectivity index (χ0v) is 13.7. The molecule has 0 aromatic heterocycles. The maximum Gasteiger partial charge on any atom is 0.308 e. The average molecular weight is 296 g/mol. The van der Waals surface area contributed by atoms with Gasteiger partial charge in [-0.2, -0.15) is 0 Å². The summed E-state index contributed by atoms with van der Waals surface area (Å²) in [6, 6.07) is 0. The smallest absolute Gasteiger partial charge is 0.308 e. The molecule has 1 fully saturated rings. The van der Waals surface area contributed by atoms with Gasteiger partial charge in [0.2, 0.25) is 0 Å². The maximum absolute atomic E-state index is 12.0.